The van der Waals surface area contributed by atoms with Crippen molar-refractivity contribution in [3.63, 3.8) is 0 Å². The zero-order valence-electron chi connectivity index (χ0n) is 14.5. The average molecular weight is 371 g/mol. The molecule has 1 unspecified atom stereocenters. The summed E-state index contributed by atoms with van der Waals surface area (Å²) in [4.78, 5) is 14.5. The van der Waals surface area contributed by atoms with Gasteiger partial charge in [0.1, 0.15) is 5.75 Å². The predicted molar refractivity (Wildman–Crippen MR) is 91.2 cm³/mol. The third-order valence-electron chi connectivity index (χ3n) is 4.65. The lowest BCUT2D eigenvalue weighted by molar-refractivity contribution is -0.0556. The van der Waals surface area contributed by atoms with Crippen LogP contribution in [0.3, 0.4) is 0 Å². The molecule has 1 atom stereocenters. The Kier molecular flexibility index (Phi) is 3.91. The van der Waals surface area contributed by atoms with Crippen molar-refractivity contribution in [2.24, 2.45) is 0 Å². The van der Waals surface area contributed by atoms with Crippen molar-refractivity contribution in [1.29, 1.82) is 0 Å². The third kappa shape index (κ3) is 2.73. The number of fused-ring (bicyclic) bond motifs is 1. The minimum atomic E-state index is -2.86. The van der Waals surface area contributed by atoms with Gasteiger partial charge in [-0.05, 0) is 25.1 Å². The number of hydrogen-bond donors (Lipinski definition) is 0. The Morgan fingerprint density at radius 3 is 2.52 bits per heavy atom. The molecule has 1 aliphatic rings. The fourth-order valence-corrected chi connectivity index (χ4v) is 3.02. The zero-order chi connectivity index (χ0) is 19.2. The number of halogens is 2. The first-order valence-electron chi connectivity index (χ1n) is 8.19. The van der Waals surface area contributed by atoms with Crippen molar-refractivity contribution < 1.29 is 22.7 Å². The molecule has 0 radical (unpaired) electrons. The van der Waals surface area contributed by atoms with Crippen LogP contribution in [0.25, 0.3) is 11.5 Å². The molecule has 0 aliphatic carbocycles. The lowest BCUT2D eigenvalue weighted by Gasteiger charge is -2.43. The van der Waals surface area contributed by atoms with E-state index in [4.69, 9.17) is 9.15 Å². The molecule has 1 aliphatic heterocycles. The number of aromatic nitrogens is 2. The molecule has 2 aromatic carbocycles. The van der Waals surface area contributed by atoms with Crippen molar-refractivity contribution >= 4 is 5.91 Å². The Bertz CT molecular complexity index is 1010. The maximum Gasteiger partial charge on any atom is 0.314 e. The van der Waals surface area contributed by atoms with E-state index >= 15 is 0 Å². The Balaban J connectivity index is 1.74. The van der Waals surface area contributed by atoms with Gasteiger partial charge in [0.25, 0.3) is 11.8 Å². The summed E-state index contributed by atoms with van der Waals surface area (Å²) in [6, 6.07) is 14.1. The van der Waals surface area contributed by atoms with Gasteiger partial charge >= 0.3 is 6.43 Å². The molecular formula is C19H15F2N3O3. The van der Waals surface area contributed by atoms with Crippen LogP contribution in [-0.4, -0.2) is 28.1 Å². The summed E-state index contributed by atoms with van der Waals surface area (Å²) in [6.07, 6.45) is -2.86. The van der Waals surface area contributed by atoms with Crippen molar-refractivity contribution in [2.75, 3.05) is 7.05 Å². The predicted octanol–water partition coefficient (Wildman–Crippen LogP) is 4.01. The highest BCUT2D eigenvalue weighted by atomic mass is 19.3. The number of ether oxygens (including phenoxy) is 1. The minimum absolute atomic E-state index is 0.0834. The molecule has 1 amide bonds. The first-order chi connectivity index (χ1) is 12.9. The van der Waals surface area contributed by atoms with Gasteiger partial charge in [-0.3, -0.25) is 9.69 Å². The maximum absolute atomic E-state index is 13.0. The highest BCUT2D eigenvalue weighted by Gasteiger charge is 2.42. The van der Waals surface area contributed by atoms with Crippen LogP contribution in [0.4, 0.5) is 8.78 Å². The quantitative estimate of drug-likeness (QED) is 0.696. The molecule has 0 N–H and O–H groups in total. The van der Waals surface area contributed by atoms with Crippen molar-refractivity contribution in [3.8, 4) is 17.2 Å². The monoisotopic (exact) mass is 371 g/mol. The van der Waals surface area contributed by atoms with Crippen molar-refractivity contribution in [2.45, 2.75) is 19.1 Å². The van der Waals surface area contributed by atoms with Gasteiger partial charge < -0.3 is 9.15 Å². The molecule has 0 saturated carbocycles. The van der Waals surface area contributed by atoms with Gasteiger partial charge in [0.05, 0.1) is 5.56 Å². The van der Waals surface area contributed by atoms with E-state index in [9.17, 15) is 13.6 Å². The molecule has 0 saturated heterocycles. The lowest BCUT2D eigenvalue weighted by Crippen LogP contribution is -2.52. The van der Waals surface area contributed by atoms with Crippen LogP contribution in [0.15, 0.2) is 52.9 Å². The topological polar surface area (TPSA) is 68.5 Å². The highest BCUT2D eigenvalue weighted by molar-refractivity contribution is 5.99. The van der Waals surface area contributed by atoms with E-state index in [2.05, 4.69) is 10.2 Å². The number of carbonyl (C=O) groups excluding carboxylic acids is 1. The summed E-state index contributed by atoms with van der Waals surface area (Å²) in [5.41, 5.74) is 0.510. The van der Waals surface area contributed by atoms with E-state index in [1.54, 1.807) is 19.2 Å². The van der Waals surface area contributed by atoms with Gasteiger partial charge in [-0.15, -0.1) is 10.2 Å². The summed E-state index contributed by atoms with van der Waals surface area (Å²) >= 11 is 0. The Morgan fingerprint density at radius 1 is 1.11 bits per heavy atom. The second-order valence-corrected chi connectivity index (χ2v) is 6.27. The summed E-state index contributed by atoms with van der Waals surface area (Å²) in [5, 5.41) is 6.92. The summed E-state index contributed by atoms with van der Waals surface area (Å²) in [7, 11) is 1.65. The molecule has 1 aromatic heterocycles. The SMILES string of the molecule is CN1C(=O)c2cc(-c3nnc(C(F)F)o3)ccc2OC1(C)c1ccccc1. The molecule has 0 bridgehead atoms. The van der Waals surface area contributed by atoms with Crippen LogP contribution < -0.4 is 4.74 Å². The maximum atomic E-state index is 13.0. The third-order valence-corrected chi connectivity index (χ3v) is 4.65. The van der Waals surface area contributed by atoms with Crippen LogP contribution in [0.5, 0.6) is 5.75 Å². The first kappa shape index (κ1) is 17.1. The largest absolute Gasteiger partial charge is 0.463 e. The molecule has 138 valence electrons. The van der Waals surface area contributed by atoms with Crippen LogP contribution >= 0.6 is 0 Å². The second kappa shape index (κ2) is 6.15. The number of alkyl halides is 2. The number of carbonyl (C=O) groups is 1. The average Bonchev–Trinajstić information content (AvgIpc) is 3.17. The number of benzene rings is 2. The Labute approximate surface area is 153 Å². The van der Waals surface area contributed by atoms with E-state index in [-0.39, 0.29) is 11.8 Å². The lowest BCUT2D eigenvalue weighted by atomic mass is 9.98. The van der Waals surface area contributed by atoms with E-state index in [1.165, 1.54) is 11.0 Å². The van der Waals surface area contributed by atoms with Crippen LogP contribution in [0.1, 0.15) is 35.2 Å². The van der Waals surface area contributed by atoms with Crippen LogP contribution in [0, 0.1) is 0 Å². The fraction of sp³-hybridized carbons (Fsp3) is 0.211. The molecule has 6 nitrogen and oxygen atoms in total. The molecule has 0 spiro atoms. The molecule has 8 heteroatoms. The minimum Gasteiger partial charge on any atom is -0.463 e. The molecule has 27 heavy (non-hydrogen) atoms. The van der Waals surface area contributed by atoms with Gasteiger partial charge in [-0.25, -0.2) is 0 Å². The van der Waals surface area contributed by atoms with Gasteiger partial charge in [0.15, 0.2) is 0 Å². The molecule has 0 fully saturated rings. The zero-order valence-corrected chi connectivity index (χ0v) is 14.5. The Hall–Kier alpha value is -3.29. The number of rotatable bonds is 3. The van der Waals surface area contributed by atoms with Crippen molar-refractivity contribution in [1.82, 2.24) is 15.1 Å². The Morgan fingerprint density at radius 2 is 1.85 bits per heavy atom. The standard InChI is InChI=1S/C19H15F2N3O3/c1-19(12-6-4-3-5-7-12)24(2)18(25)13-10-11(8-9-14(13)27-19)16-22-23-17(26-16)15(20)21/h3-10,15H,1-2H3. The summed E-state index contributed by atoms with van der Waals surface area (Å²) in [6.45, 7) is 1.81. The highest BCUT2D eigenvalue weighted by Crippen LogP contribution is 2.40. The molecule has 2 heterocycles. The fourth-order valence-electron chi connectivity index (χ4n) is 3.02. The first-order valence-corrected chi connectivity index (χ1v) is 8.19. The molecule has 4 rings (SSSR count). The molecular weight excluding hydrogens is 356 g/mol. The number of amides is 1. The van der Waals surface area contributed by atoms with Gasteiger partial charge in [0.2, 0.25) is 11.6 Å². The summed E-state index contributed by atoms with van der Waals surface area (Å²) < 4.78 is 36.4. The van der Waals surface area contributed by atoms with Gasteiger partial charge in [0, 0.05) is 18.2 Å². The number of hydrogen-bond acceptors (Lipinski definition) is 5. The van der Waals surface area contributed by atoms with E-state index in [0.717, 1.165) is 5.56 Å². The normalized spacial score (nSPS) is 19.1. The van der Waals surface area contributed by atoms with Crippen molar-refractivity contribution in [3.05, 3.63) is 65.5 Å². The second-order valence-electron chi connectivity index (χ2n) is 6.27. The summed E-state index contributed by atoms with van der Waals surface area (Å²) in [5.74, 6) is -0.723. The molecule has 3 aromatic rings. The van der Waals surface area contributed by atoms with Crippen LogP contribution in [0.2, 0.25) is 0 Å². The van der Waals surface area contributed by atoms with Gasteiger partial charge in [-0.2, -0.15) is 8.78 Å². The van der Waals surface area contributed by atoms with Gasteiger partial charge in [-0.1, -0.05) is 30.3 Å². The van der Waals surface area contributed by atoms with E-state index in [0.29, 0.717) is 16.9 Å². The van der Waals surface area contributed by atoms with Crippen LogP contribution in [-0.2, 0) is 5.72 Å². The number of nitrogens with zero attached hydrogens (tertiary/aromatic N) is 3. The van der Waals surface area contributed by atoms with E-state index < -0.39 is 18.0 Å². The smallest absolute Gasteiger partial charge is 0.314 e. The van der Waals surface area contributed by atoms with E-state index in [1.807, 2.05) is 37.3 Å².